The summed E-state index contributed by atoms with van der Waals surface area (Å²) >= 11 is 10.1. The molecule has 0 fully saturated rings. The third kappa shape index (κ3) is 5.73. The fraction of sp³-hybridized carbons (Fsp3) is 0.667. The Morgan fingerprint density at radius 3 is 1.88 bits per heavy atom. The average Bonchev–Trinajstić information content (AvgIpc) is 2.99. The number of thiol groups is 2. The van der Waals surface area contributed by atoms with Crippen molar-refractivity contribution in [2.24, 2.45) is 27.6 Å². The van der Waals surface area contributed by atoms with E-state index in [2.05, 4.69) is 66.8 Å². The molecule has 1 aromatic carbocycles. The van der Waals surface area contributed by atoms with E-state index in [1.165, 1.54) is 17.4 Å². The number of thiazole rings is 1. The van der Waals surface area contributed by atoms with Crippen LogP contribution < -0.4 is 0 Å². The van der Waals surface area contributed by atoms with Crippen LogP contribution in [-0.2, 0) is 15.0 Å². The summed E-state index contributed by atoms with van der Waals surface area (Å²) in [5.41, 5.74) is -2.82. The van der Waals surface area contributed by atoms with E-state index in [0.29, 0.717) is 22.5 Å². The van der Waals surface area contributed by atoms with Gasteiger partial charge in [0.1, 0.15) is 21.8 Å². The highest BCUT2D eigenvalue weighted by molar-refractivity contribution is 7.97. The first-order valence-corrected chi connectivity index (χ1v) is 13.4. The van der Waals surface area contributed by atoms with Gasteiger partial charge < -0.3 is 0 Å². The van der Waals surface area contributed by atoms with Gasteiger partial charge in [-0.3, -0.25) is 9.59 Å². The third-order valence-electron chi connectivity index (χ3n) is 6.53. The summed E-state index contributed by atoms with van der Waals surface area (Å²) in [6.45, 7) is 20.7. The zero-order chi connectivity index (χ0) is 26.5. The first-order valence-electron chi connectivity index (χ1n) is 11.7. The van der Waals surface area contributed by atoms with Crippen LogP contribution in [0.4, 0.5) is 4.39 Å². The molecule has 34 heavy (non-hydrogen) atoms. The second-order valence-electron chi connectivity index (χ2n) is 13.3. The summed E-state index contributed by atoms with van der Waals surface area (Å²) in [5.74, 6) is -1.27. The van der Waals surface area contributed by atoms with E-state index in [1.807, 2.05) is 27.7 Å². The number of halogens is 1. The van der Waals surface area contributed by atoms with Crippen molar-refractivity contribution < 1.29 is 14.0 Å². The van der Waals surface area contributed by atoms with Gasteiger partial charge in [0.25, 0.3) is 0 Å². The van der Waals surface area contributed by atoms with Crippen LogP contribution in [-0.4, -0.2) is 15.2 Å². The van der Waals surface area contributed by atoms with Crippen LogP contribution in [0.15, 0.2) is 18.2 Å². The number of carbonyl (C=O) groups is 2. The minimum atomic E-state index is -1.41. The number of para-hydroxylation sites is 1. The van der Waals surface area contributed by atoms with Crippen LogP contribution >= 0.6 is 36.6 Å². The lowest BCUT2D eigenvalue weighted by Crippen LogP contribution is -2.59. The van der Waals surface area contributed by atoms with Crippen molar-refractivity contribution in [2.45, 2.75) is 87.5 Å². The first-order chi connectivity index (χ1) is 15.2. The van der Waals surface area contributed by atoms with Crippen LogP contribution in [0.3, 0.4) is 0 Å². The fourth-order valence-electron chi connectivity index (χ4n) is 6.43. The normalized spacial score (nSPS) is 16.4. The first kappa shape index (κ1) is 29.3. The monoisotopic (exact) mass is 525 g/mol. The molecule has 2 atom stereocenters. The Kier molecular flexibility index (Phi) is 8.20. The van der Waals surface area contributed by atoms with Gasteiger partial charge in [-0.2, -0.15) is 0 Å². The number of rotatable bonds is 8. The van der Waals surface area contributed by atoms with Crippen LogP contribution in [0.2, 0.25) is 0 Å². The maximum absolute atomic E-state index is 14.7. The van der Waals surface area contributed by atoms with E-state index in [9.17, 15) is 14.0 Å². The van der Waals surface area contributed by atoms with Crippen molar-refractivity contribution in [1.29, 1.82) is 0 Å². The van der Waals surface area contributed by atoms with E-state index in [1.54, 1.807) is 12.1 Å². The summed E-state index contributed by atoms with van der Waals surface area (Å²) in [6.07, 6.45) is 1.29. The van der Waals surface area contributed by atoms with Crippen LogP contribution in [0.1, 0.15) is 87.1 Å². The van der Waals surface area contributed by atoms with Gasteiger partial charge in [-0.1, -0.05) is 75.3 Å². The fourth-order valence-corrected chi connectivity index (χ4v) is 8.97. The minimum Gasteiger partial charge on any atom is -0.287 e. The zero-order valence-corrected chi connectivity index (χ0v) is 24.8. The number of hydrogen-bond donors (Lipinski definition) is 2. The molecular formula is C27H40FNO2S3. The van der Waals surface area contributed by atoms with E-state index in [0.717, 1.165) is 0 Å². The number of carbonyl (C=O) groups excluding carboxylic acids is 2. The van der Waals surface area contributed by atoms with Gasteiger partial charge >= 0.3 is 0 Å². The lowest BCUT2D eigenvalue weighted by atomic mass is 9.49. The topological polar surface area (TPSA) is 47.0 Å². The SMILES string of the molecule is CC(C)(C)CC(C)(C)C(C(=O)S)C(C(=O)S)(c1nc2c(F)cccc2s1)C(C)(C)CC(C)(C)C. The number of nitrogens with zero attached hydrogens (tertiary/aromatic N) is 1. The molecule has 0 aliphatic heterocycles. The Bertz CT molecular complexity index is 1080. The Labute approximate surface area is 219 Å². The number of benzene rings is 1. The highest BCUT2D eigenvalue weighted by Crippen LogP contribution is 2.60. The van der Waals surface area contributed by atoms with Crippen molar-refractivity contribution in [3.05, 3.63) is 29.0 Å². The summed E-state index contributed by atoms with van der Waals surface area (Å²) in [6, 6.07) is 4.79. The second kappa shape index (κ2) is 9.51. The molecule has 0 bridgehead atoms. The summed E-state index contributed by atoms with van der Waals surface area (Å²) in [5, 5.41) is -0.384. The molecule has 2 unspecified atom stereocenters. The molecule has 0 aliphatic rings. The van der Waals surface area contributed by atoms with E-state index in [4.69, 9.17) is 4.98 Å². The smallest absolute Gasteiger partial charge is 0.200 e. The molecule has 0 saturated carbocycles. The Hall–Kier alpha value is -0.920. The number of hydrogen-bond acceptors (Lipinski definition) is 4. The largest absolute Gasteiger partial charge is 0.287 e. The highest BCUT2D eigenvalue weighted by Gasteiger charge is 2.64. The summed E-state index contributed by atoms with van der Waals surface area (Å²) in [4.78, 5) is 32.0. The maximum Gasteiger partial charge on any atom is 0.200 e. The molecule has 0 amide bonds. The van der Waals surface area contributed by atoms with Gasteiger partial charge in [0.15, 0.2) is 10.2 Å². The average molecular weight is 526 g/mol. The van der Waals surface area contributed by atoms with E-state index < -0.39 is 33.1 Å². The lowest BCUT2D eigenvalue weighted by Gasteiger charge is -2.54. The predicted octanol–water partition coefficient (Wildman–Crippen LogP) is 8.13. The summed E-state index contributed by atoms with van der Waals surface area (Å²) < 4.78 is 15.4. The van der Waals surface area contributed by atoms with Gasteiger partial charge in [-0.05, 0) is 46.6 Å². The molecule has 0 N–H and O–H groups in total. The van der Waals surface area contributed by atoms with Crippen molar-refractivity contribution in [2.75, 3.05) is 0 Å². The van der Waals surface area contributed by atoms with Crippen molar-refractivity contribution >= 4 is 57.0 Å². The highest BCUT2D eigenvalue weighted by atomic mass is 32.1. The Morgan fingerprint density at radius 1 is 0.941 bits per heavy atom. The van der Waals surface area contributed by atoms with Gasteiger partial charge in [-0.25, -0.2) is 9.37 Å². The summed E-state index contributed by atoms with van der Waals surface area (Å²) in [7, 11) is 0. The van der Waals surface area contributed by atoms with E-state index in [-0.39, 0.29) is 21.5 Å². The number of aromatic nitrogens is 1. The standard InChI is InChI=1S/C27H40FNO2S3/c1-23(2,3)14-25(7,8)19(20(30)32)27(22(31)33,26(9,10)15-24(4,5)6)21-29-18-16(28)12-11-13-17(18)34-21/h11-13,19H,14-15H2,1-10H3,(H,30,32)(H,31,33). The molecule has 1 aromatic heterocycles. The van der Waals surface area contributed by atoms with Crippen molar-refractivity contribution in [3.63, 3.8) is 0 Å². The lowest BCUT2D eigenvalue weighted by molar-refractivity contribution is -0.138. The van der Waals surface area contributed by atoms with E-state index >= 15 is 0 Å². The molecule has 2 rings (SSSR count). The van der Waals surface area contributed by atoms with Crippen molar-refractivity contribution in [1.82, 2.24) is 4.98 Å². The molecule has 2 aromatic rings. The second-order valence-corrected chi connectivity index (χ2v) is 15.2. The molecule has 0 saturated heterocycles. The Morgan fingerprint density at radius 2 is 1.47 bits per heavy atom. The van der Waals surface area contributed by atoms with Crippen molar-refractivity contribution in [3.8, 4) is 0 Å². The quantitative estimate of drug-likeness (QED) is 0.342. The van der Waals surface area contributed by atoms with Crippen LogP contribution in [0.5, 0.6) is 0 Å². The molecule has 0 radical (unpaired) electrons. The van der Waals surface area contributed by atoms with Gasteiger partial charge in [0.05, 0.1) is 10.6 Å². The van der Waals surface area contributed by atoms with Gasteiger partial charge in [0, 0.05) is 0 Å². The molecule has 190 valence electrons. The van der Waals surface area contributed by atoms with Gasteiger partial charge in [-0.15, -0.1) is 36.6 Å². The van der Waals surface area contributed by atoms with Crippen LogP contribution in [0, 0.1) is 33.4 Å². The minimum absolute atomic E-state index is 0.107. The molecule has 7 heteroatoms. The predicted molar refractivity (Wildman–Crippen MR) is 148 cm³/mol. The molecule has 3 nitrogen and oxygen atoms in total. The maximum atomic E-state index is 14.7. The number of fused-ring (bicyclic) bond motifs is 1. The van der Waals surface area contributed by atoms with Crippen LogP contribution in [0.25, 0.3) is 10.2 Å². The zero-order valence-electron chi connectivity index (χ0n) is 22.2. The molecule has 0 aliphatic carbocycles. The molecular weight excluding hydrogens is 486 g/mol. The van der Waals surface area contributed by atoms with Gasteiger partial charge in [0.2, 0.25) is 0 Å². The Balaban J connectivity index is 3.05. The molecule has 0 spiro atoms. The molecule has 1 heterocycles. The third-order valence-corrected chi connectivity index (χ3v) is 8.30.